The minimum atomic E-state index is -0.521. The van der Waals surface area contributed by atoms with E-state index in [-0.39, 0.29) is 6.61 Å². The lowest BCUT2D eigenvalue weighted by Crippen LogP contribution is -2.55. The van der Waals surface area contributed by atoms with Gasteiger partial charge in [-0.2, -0.15) is 5.10 Å². The zero-order valence-corrected chi connectivity index (χ0v) is 15.3. The molecule has 0 bridgehead atoms. The van der Waals surface area contributed by atoms with Crippen molar-refractivity contribution >= 4 is 0 Å². The normalized spacial score (nSPS) is 21.6. The molecular formula is C20H29N3O2. The molecule has 0 aliphatic carbocycles. The summed E-state index contributed by atoms with van der Waals surface area (Å²) in [5.74, 6) is 0. The first kappa shape index (κ1) is 18.1. The zero-order chi connectivity index (χ0) is 17.7. The van der Waals surface area contributed by atoms with Crippen molar-refractivity contribution in [2.75, 3.05) is 26.3 Å². The highest BCUT2D eigenvalue weighted by Crippen LogP contribution is 2.24. The molecule has 1 aromatic heterocycles. The summed E-state index contributed by atoms with van der Waals surface area (Å²) in [6, 6.07) is 8.49. The lowest BCUT2D eigenvalue weighted by Gasteiger charge is -2.42. The van der Waals surface area contributed by atoms with Gasteiger partial charge in [-0.1, -0.05) is 36.8 Å². The van der Waals surface area contributed by atoms with E-state index in [2.05, 4.69) is 54.3 Å². The number of rotatable bonds is 7. The molecule has 1 aliphatic rings. The van der Waals surface area contributed by atoms with Crippen molar-refractivity contribution in [1.29, 1.82) is 0 Å². The lowest BCUT2D eigenvalue weighted by atomic mass is 9.92. The van der Waals surface area contributed by atoms with Crippen LogP contribution in [0.3, 0.4) is 0 Å². The Morgan fingerprint density at radius 3 is 2.76 bits per heavy atom. The molecular weight excluding hydrogens is 314 g/mol. The molecule has 0 amide bonds. The summed E-state index contributed by atoms with van der Waals surface area (Å²) in [5.41, 5.74) is 3.15. The Hall–Kier alpha value is -1.69. The molecule has 2 aromatic rings. The summed E-state index contributed by atoms with van der Waals surface area (Å²) in [6.45, 7) is 8.35. The quantitative estimate of drug-likeness (QED) is 0.839. The maximum absolute atomic E-state index is 10.0. The van der Waals surface area contributed by atoms with Crippen LogP contribution >= 0.6 is 0 Å². The highest BCUT2D eigenvalue weighted by molar-refractivity contribution is 5.23. The molecule has 5 nitrogen and oxygen atoms in total. The van der Waals surface area contributed by atoms with Crippen molar-refractivity contribution in [3.8, 4) is 0 Å². The third kappa shape index (κ3) is 4.69. The zero-order valence-electron chi connectivity index (χ0n) is 15.3. The first-order valence-electron chi connectivity index (χ1n) is 9.16. The van der Waals surface area contributed by atoms with Gasteiger partial charge in [-0.3, -0.25) is 9.58 Å². The summed E-state index contributed by atoms with van der Waals surface area (Å²) in [6.07, 6.45) is 5.89. The second-order valence-electron chi connectivity index (χ2n) is 7.17. The average molecular weight is 343 g/mol. The van der Waals surface area contributed by atoms with Crippen molar-refractivity contribution in [3.05, 3.63) is 53.3 Å². The number of ether oxygens (including phenoxy) is 1. The fourth-order valence-corrected chi connectivity index (χ4v) is 3.49. The molecule has 0 saturated carbocycles. The van der Waals surface area contributed by atoms with Gasteiger partial charge in [0.2, 0.25) is 0 Å². The molecule has 1 N–H and O–H groups in total. The maximum Gasteiger partial charge on any atom is 0.108 e. The molecule has 136 valence electrons. The van der Waals surface area contributed by atoms with Crippen LogP contribution in [0.4, 0.5) is 0 Å². The van der Waals surface area contributed by atoms with Gasteiger partial charge in [0, 0.05) is 44.4 Å². The van der Waals surface area contributed by atoms with Crippen LogP contribution in [0.5, 0.6) is 0 Å². The fourth-order valence-electron chi connectivity index (χ4n) is 3.49. The molecule has 2 heterocycles. The van der Waals surface area contributed by atoms with E-state index in [4.69, 9.17) is 4.74 Å². The number of aliphatic hydroxyl groups is 1. The van der Waals surface area contributed by atoms with Gasteiger partial charge in [0.25, 0.3) is 0 Å². The SMILES string of the molecule is CCCn1cc(CN2CCO[C@](CO)(Cc3ccc(C)cc3)C2)cn1. The standard InChI is InChI=1S/C20H29N3O2/c1-3-8-23-14-19(12-21-23)13-22-9-10-25-20(15-22,16-24)11-18-6-4-17(2)5-7-18/h4-7,12,14,24H,3,8-11,13,15-16H2,1-2H3/t20-/m1/s1. The Bertz CT molecular complexity index is 668. The fraction of sp³-hybridized carbons (Fsp3) is 0.550. The van der Waals surface area contributed by atoms with Crippen molar-refractivity contribution in [2.45, 2.75) is 45.4 Å². The maximum atomic E-state index is 10.0. The predicted octanol–water partition coefficient (Wildman–Crippen LogP) is 2.41. The largest absolute Gasteiger partial charge is 0.393 e. The third-order valence-electron chi connectivity index (χ3n) is 4.81. The van der Waals surface area contributed by atoms with Crippen molar-refractivity contribution in [2.24, 2.45) is 0 Å². The highest BCUT2D eigenvalue weighted by atomic mass is 16.5. The van der Waals surface area contributed by atoms with Gasteiger partial charge in [-0.25, -0.2) is 0 Å². The molecule has 1 fully saturated rings. The van der Waals surface area contributed by atoms with Crippen molar-refractivity contribution in [1.82, 2.24) is 14.7 Å². The molecule has 1 aliphatic heterocycles. The number of nitrogens with zero attached hydrogens (tertiary/aromatic N) is 3. The topological polar surface area (TPSA) is 50.5 Å². The van der Waals surface area contributed by atoms with E-state index in [1.54, 1.807) is 0 Å². The number of benzene rings is 1. The van der Waals surface area contributed by atoms with E-state index in [1.807, 2.05) is 10.9 Å². The number of aromatic nitrogens is 2. The van der Waals surface area contributed by atoms with E-state index < -0.39 is 5.60 Å². The van der Waals surface area contributed by atoms with Gasteiger partial charge >= 0.3 is 0 Å². The van der Waals surface area contributed by atoms with Crippen LogP contribution in [-0.2, 0) is 24.2 Å². The van der Waals surface area contributed by atoms with Crippen molar-refractivity contribution < 1.29 is 9.84 Å². The van der Waals surface area contributed by atoms with E-state index in [0.29, 0.717) is 6.61 Å². The number of aliphatic hydroxyl groups excluding tert-OH is 1. The second-order valence-corrected chi connectivity index (χ2v) is 7.17. The first-order chi connectivity index (χ1) is 12.1. The van der Waals surface area contributed by atoms with Crippen LogP contribution < -0.4 is 0 Å². The molecule has 1 atom stereocenters. The Kier molecular flexibility index (Phi) is 5.89. The number of hydrogen-bond acceptors (Lipinski definition) is 4. The average Bonchev–Trinajstić information content (AvgIpc) is 3.05. The summed E-state index contributed by atoms with van der Waals surface area (Å²) in [5, 5.41) is 14.5. The van der Waals surface area contributed by atoms with Gasteiger partial charge in [-0.15, -0.1) is 0 Å². The monoisotopic (exact) mass is 343 g/mol. The minimum Gasteiger partial charge on any atom is -0.393 e. The van der Waals surface area contributed by atoms with Crippen LogP contribution in [-0.4, -0.2) is 51.7 Å². The molecule has 25 heavy (non-hydrogen) atoms. The summed E-state index contributed by atoms with van der Waals surface area (Å²) in [4.78, 5) is 2.36. The molecule has 5 heteroatoms. The van der Waals surface area contributed by atoms with Gasteiger partial charge in [0.15, 0.2) is 0 Å². The van der Waals surface area contributed by atoms with Crippen LogP contribution in [0.25, 0.3) is 0 Å². The summed E-state index contributed by atoms with van der Waals surface area (Å²) < 4.78 is 8.05. The smallest absolute Gasteiger partial charge is 0.108 e. The van der Waals surface area contributed by atoms with Crippen LogP contribution in [0.1, 0.15) is 30.0 Å². The molecule has 3 rings (SSSR count). The third-order valence-corrected chi connectivity index (χ3v) is 4.81. The van der Waals surface area contributed by atoms with Crippen molar-refractivity contribution in [3.63, 3.8) is 0 Å². The Labute approximate surface area is 150 Å². The van der Waals surface area contributed by atoms with Crippen LogP contribution in [0, 0.1) is 6.92 Å². The Balaban J connectivity index is 1.65. The molecule has 0 radical (unpaired) electrons. The molecule has 1 aromatic carbocycles. The summed E-state index contributed by atoms with van der Waals surface area (Å²) in [7, 11) is 0. The molecule has 0 spiro atoms. The Morgan fingerprint density at radius 2 is 2.04 bits per heavy atom. The number of aryl methyl sites for hydroxylation is 2. The van der Waals surface area contributed by atoms with E-state index in [0.717, 1.165) is 39.0 Å². The van der Waals surface area contributed by atoms with Crippen LogP contribution in [0.15, 0.2) is 36.7 Å². The molecule has 0 unspecified atom stereocenters. The first-order valence-corrected chi connectivity index (χ1v) is 9.16. The summed E-state index contributed by atoms with van der Waals surface area (Å²) >= 11 is 0. The van der Waals surface area contributed by atoms with Gasteiger partial charge in [-0.05, 0) is 18.9 Å². The number of morpholine rings is 1. The van der Waals surface area contributed by atoms with Crippen LogP contribution in [0.2, 0.25) is 0 Å². The Morgan fingerprint density at radius 1 is 1.24 bits per heavy atom. The highest BCUT2D eigenvalue weighted by Gasteiger charge is 2.36. The van der Waals surface area contributed by atoms with E-state index in [9.17, 15) is 5.11 Å². The number of hydrogen-bond donors (Lipinski definition) is 1. The van der Waals surface area contributed by atoms with E-state index in [1.165, 1.54) is 16.7 Å². The lowest BCUT2D eigenvalue weighted by molar-refractivity contribution is -0.134. The predicted molar refractivity (Wildman–Crippen MR) is 98.4 cm³/mol. The molecule has 1 saturated heterocycles. The minimum absolute atomic E-state index is 0.0342. The van der Waals surface area contributed by atoms with E-state index >= 15 is 0 Å². The van der Waals surface area contributed by atoms with Gasteiger partial charge in [0.1, 0.15) is 5.60 Å². The van der Waals surface area contributed by atoms with Gasteiger partial charge < -0.3 is 9.84 Å². The second kappa shape index (κ2) is 8.13. The van der Waals surface area contributed by atoms with Gasteiger partial charge in [0.05, 0.1) is 19.4 Å².